The number of nitrogens with one attached hydrogen (secondary N) is 1. The molecule has 5 aliphatic heterocycles. The fraction of sp³-hybridized carbons (Fsp3) is 0.179. The Hall–Kier alpha value is -10.2. The summed E-state index contributed by atoms with van der Waals surface area (Å²) in [5.41, 5.74) is 11.8. The fourth-order valence-electron chi connectivity index (χ4n) is 15.7. The zero-order chi connectivity index (χ0) is 54.7. The predicted molar refractivity (Wildman–Crippen MR) is 311 cm³/mol. The second kappa shape index (κ2) is 16.0. The molecular formula is C67H47N7O8. The highest BCUT2D eigenvalue weighted by atomic mass is 16.6. The molecule has 1 saturated carbocycles. The van der Waals surface area contributed by atoms with E-state index in [9.17, 15) is 24.0 Å². The minimum Gasteiger partial charge on any atom is -0.497 e. The van der Waals surface area contributed by atoms with Crippen LogP contribution in [-0.4, -0.2) is 84.2 Å². The van der Waals surface area contributed by atoms with Crippen LogP contribution in [0.5, 0.6) is 11.5 Å². The van der Waals surface area contributed by atoms with Crippen LogP contribution in [0, 0.1) is 0 Å². The lowest BCUT2D eigenvalue weighted by atomic mass is 9.96. The van der Waals surface area contributed by atoms with Gasteiger partial charge in [0.25, 0.3) is 23.6 Å². The maximum Gasteiger partial charge on any atom is 0.407 e. The van der Waals surface area contributed by atoms with Crippen LogP contribution in [0.15, 0.2) is 158 Å². The topological polar surface area (TPSA) is 151 Å². The third-order valence-electron chi connectivity index (χ3n) is 18.9. The van der Waals surface area contributed by atoms with Gasteiger partial charge in [-0.15, -0.1) is 0 Å². The van der Waals surface area contributed by atoms with Crippen LogP contribution in [0.2, 0.25) is 0 Å². The zero-order valence-corrected chi connectivity index (χ0v) is 44.3. The lowest BCUT2D eigenvalue weighted by molar-refractivity contribution is 0.0628. The number of aromatic nitrogens is 4. The van der Waals surface area contributed by atoms with Crippen molar-refractivity contribution < 1.29 is 38.2 Å². The number of nitrogens with zero attached hydrogens (tertiary/aromatic N) is 6. The van der Waals surface area contributed by atoms with Crippen LogP contribution in [-0.2, 0) is 17.8 Å². The quantitative estimate of drug-likeness (QED) is 0.128. The molecule has 1 saturated heterocycles. The Morgan fingerprint density at radius 3 is 1.18 bits per heavy atom. The van der Waals surface area contributed by atoms with Crippen LogP contribution in [0.3, 0.4) is 0 Å². The zero-order valence-electron chi connectivity index (χ0n) is 44.3. The Kier molecular flexibility index (Phi) is 8.93. The number of para-hydroxylation sites is 4. The second-order valence-corrected chi connectivity index (χ2v) is 22.7. The van der Waals surface area contributed by atoms with Crippen LogP contribution >= 0.6 is 0 Å². The van der Waals surface area contributed by atoms with Gasteiger partial charge in [0.2, 0.25) is 0 Å². The summed E-state index contributed by atoms with van der Waals surface area (Å²) < 4.78 is 25.9. The van der Waals surface area contributed by atoms with Gasteiger partial charge in [0, 0.05) is 65.2 Å². The first-order chi connectivity index (χ1) is 40.2. The van der Waals surface area contributed by atoms with Crippen molar-refractivity contribution in [2.24, 2.45) is 0 Å². The monoisotopic (exact) mass is 1080 g/mol. The van der Waals surface area contributed by atoms with Gasteiger partial charge < -0.3 is 37.8 Å². The van der Waals surface area contributed by atoms with Crippen molar-refractivity contribution in [2.75, 3.05) is 14.2 Å². The molecule has 9 heterocycles. The highest BCUT2D eigenvalue weighted by molar-refractivity contribution is 6.41. The van der Waals surface area contributed by atoms with Gasteiger partial charge in [-0.2, -0.15) is 0 Å². The van der Waals surface area contributed by atoms with Crippen LogP contribution < -0.4 is 14.8 Å². The predicted octanol–water partition coefficient (Wildman–Crippen LogP) is 12.4. The van der Waals surface area contributed by atoms with Crippen LogP contribution in [0.1, 0.15) is 89.6 Å². The fourth-order valence-corrected chi connectivity index (χ4v) is 15.7. The number of carbonyl (C=O) groups excluding carboxylic acids is 5. The molecule has 5 unspecified atom stereocenters. The molecule has 0 radical (unpaired) electrons. The number of carbonyl (C=O) groups is 5. The molecule has 398 valence electrons. The first-order valence-electron chi connectivity index (χ1n) is 27.9. The summed E-state index contributed by atoms with van der Waals surface area (Å²) in [6.45, 7) is 0.370. The van der Waals surface area contributed by atoms with E-state index < -0.39 is 6.09 Å². The standard InChI is InChI=1S/C34H24N4O5.C33H23N3O3/c1-42-17-12-10-16(11-13-17)15-36-32(39)26-24-18-6-2-4-8-20(18)37-22-14-23(31-28(22)35-34(41)43-31)38-21-9-5-3-7-19(21)25(27(26)33(36)40)30(38)29(24)37;1-39-21-14-10-18(11-15-21)17-34-32(37)28-26-22-6-2-4-8-24(22)35-19-12-13-20(16-19)36-25-9-5-3-7-23(25)27(29(28)33(34)38)31(36)30(26)35/h2-13,22-23,28,31H,14-15H2,1H3,(H,35,41);2-15,19-20H,16-17H2,1H3/t22?,23?,28?,31-;/m1./s1. The van der Waals surface area contributed by atoms with Crippen molar-refractivity contribution in [3.05, 3.63) is 191 Å². The normalized spacial score (nSPS) is 21.5. The number of rotatable bonds is 6. The van der Waals surface area contributed by atoms with E-state index in [2.05, 4.69) is 84.3 Å². The lowest BCUT2D eigenvalue weighted by Gasteiger charge is -2.23. The van der Waals surface area contributed by atoms with E-state index in [1.807, 2.05) is 97.1 Å². The Morgan fingerprint density at radius 2 is 0.793 bits per heavy atom. The van der Waals surface area contributed by atoms with Crippen LogP contribution in [0.25, 0.3) is 87.2 Å². The van der Waals surface area contributed by atoms with E-state index >= 15 is 0 Å². The average Bonchev–Trinajstić information content (AvgIpc) is 1.74. The molecule has 0 spiro atoms. The summed E-state index contributed by atoms with van der Waals surface area (Å²) in [5.74, 6) is 0.419. The number of imide groups is 2. The number of hydrogen-bond donors (Lipinski definition) is 1. The van der Waals surface area contributed by atoms with E-state index in [0.717, 1.165) is 117 Å². The maximum absolute atomic E-state index is 14.5. The first kappa shape index (κ1) is 45.7. The van der Waals surface area contributed by atoms with E-state index in [1.165, 1.54) is 9.80 Å². The maximum atomic E-state index is 14.5. The Labute approximate surface area is 465 Å². The molecule has 82 heavy (non-hydrogen) atoms. The molecule has 8 aromatic carbocycles. The number of alkyl carbamates (subject to hydrolysis) is 1. The minimum atomic E-state index is -0.405. The van der Waals surface area contributed by atoms with Crippen molar-refractivity contribution in [3.8, 4) is 11.5 Å². The number of hydrogen-bond acceptors (Lipinski definition) is 8. The number of benzene rings is 8. The highest BCUT2D eigenvalue weighted by Gasteiger charge is 2.56. The van der Waals surface area contributed by atoms with E-state index in [4.69, 9.17) is 14.2 Å². The Balaban J connectivity index is 0.000000126. The van der Waals surface area contributed by atoms with Gasteiger partial charge in [-0.05, 0) is 72.5 Å². The molecule has 4 bridgehead atoms. The van der Waals surface area contributed by atoms with Crippen molar-refractivity contribution in [3.63, 3.8) is 0 Å². The molecule has 4 aromatic heterocycles. The van der Waals surface area contributed by atoms with E-state index in [-0.39, 0.29) is 73.0 Å². The van der Waals surface area contributed by atoms with Gasteiger partial charge in [-0.3, -0.25) is 29.0 Å². The molecule has 12 aromatic rings. The van der Waals surface area contributed by atoms with Gasteiger partial charge in [-0.25, -0.2) is 4.79 Å². The molecule has 1 N–H and O–H groups in total. The molecule has 6 atom stereocenters. The van der Waals surface area contributed by atoms with Gasteiger partial charge in [0.15, 0.2) is 0 Å². The van der Waals surface area contributed by atoms with Crippen molar-refractivity contribution in [1.82, 2.24) is 33.4 Å². The summed E-state index contributed by atoms with van der Waals surface area (Å²) >= 11 is 0. The van der Waals surface area contributed by atoms with Gasteiger partial charge in [-0.1, -0.05) is 109 Å². The molecule has 2 aliphatic carbocycles. The number of allylic oxidation sites excluding steroid dienone is 2. The third-order valence-corrected chi connectivity index (χ3v) is 18.9. The van der Waals surface area contributed by atoms with Crippen molar-refractivity contribution >= 4 is 117 Å². The molecule has 15 nitrogen and oxygen atoms in total. The Morgan fingerprint density at radius 1 is 0.439 bits per heavy atom. The summed E-state index contributed by atoms with van der Waals surface area (Å²) in [5, 5.41) is 10.4. The summed E-state index contributed by atoms with van der Waals surface area (Å²) in [7, 11) is 3.23. The number of fused-ring (bicyclic) bond motifs is 24. The van der Waals surface area contributed by atoms with Gasteiger partial charge in [0.05, 0.1) is 102 Å². The van der Waals surface area contributed by atoms with Crippen molar-refractivity contribution in [1.29, 1.82) is 0 Å². The number of ether oxygens (including phenoxy) is 3. The molecular weight excluding hydrogens is 1030 g/mol. The summed E-state index contributed by atoms with van der Waals surface area (Å²) in [4.78, 5) is 72.9. The molecule has 2 fully saturated rings. The Bertz CT molecular complexity index is 4760. The van der Waals surface area contributed by atoms with Gasteiger partial charge >= 0.3 is 6.09 Å². The number of methoxy groups -OCH3 is 2. The molecule has 7 aliphatic rings. The highest BCUT2D eigenvalue weighted by Crippen LogP contribution is 2.57. The first-order valence-corrected chi connectivity index (χ1v) is 27.9. The minimum absolute atomic E-state index is 0.0774. The summed E-state index contributed by atoms with van der Waals surface area (Å²) in [6, 6.07) is 47.7. The second-order valence-electron chi connectivity index (χ2n) is 22.7. The lowest BCUT2D eigenvalue weighted by Crippen LogP contribution is -2.36. The largest absolute Gasteiger partial charge is 0.497 e. The van der Waals surface area contributed by atoms with Crippen molar-refractivity contribution in [2.45, 2.75) is 62.2 Å². The molecule has 19 rings (SSSR count). The SMILES string of the molecule is COc1ccc(CN2C(=O)c3c(c4c5ccccc5n5c4c4c3c3ccccc3n4C3C=CC5C3)C2=O)cc1.COc1ccc(CN2C(=O)c3c(c4c5ccccc5n5c4c4c3c3ccccc3n4C3CC5[C@H]4OC(=O)NC34)C2=O)cc1. The van der Waals surface area contributed by atoms with E-state index in [1.54, 1.807) is 14.2 Å². The van der Waals surface area contributed by atoms with Crippen LogP contribution in [0.4, 0.5) is 4.79 Å². The average molecular weight is 1080 g/mol. The number of amides is 5. The summed E-state index contributed by atoms with van der Waals surface area (Å²) in [6.07, 6.45) is 5.55. The molecule has 5 amide bonds. The van der Waals surface area contributed by atoms with E-state index in [0.29, 0.717) is 28.0 Å². The third kappa shape index (κ3) is 5.61. The smallest absolute Gasteiger partial charge is 0.407 e. The van der Waals surface area contributed by atoms with Gasteiger partial charge in [0.1, 0.15) is 17.6 Å². The molecule has 15 heteroatoms.